The number of aryl methyl sites for hydroxylation is 1. The zero-order chi connectivity index (χ0) is 13.1. The molecule has 98 valence electrons. The fourth-order valence-corrected chi connectivity index (χ4v) is 2.66. The van der Waals surface area contributed by atoms with Crippen LogP contribution in [0.1, 0.15) is 35.7 Å². The summed E-state index contributed by atoms with van der Waals surface area (Å²) >= 11 is 0. The Kier molecular flexibility index (Phi) is 3.47. The standard InChI is InChI=1S/C16H18N2O/c19-11-12-6-8-14(9-7-12)18-15-5-1-3-13-4-2-10-17-16(13)15/h2,4,6-10,15,18-19H,1,3,5,11H2. The van der Waals surface area contributed by atoms with Crippen molar-refractivity contribution in [3.8, 4) is 0 Å². The van der Waals surface area contributed by atoms with Crippen LogP contribution in [0.5, 0.6) is 0 Å². The van der Waals surface area contributed by atoms with E-state index < -0.39 is 0 Å². The van der Waals surface area contributed by atoms with Gasteiger partial charge in [0.1, 0.15) is 0 Å². The van der Waals surface area contributed by atoms with Crippen LogP contribution in [0.3, 0.4) is 0 Å². The number of nitrogens with zero attached hydrogens (tertiary/aromatic N) is 1. The van der Waals surface area contributed by atoms with Gasteiger partial charge in [-0.3, -0.25) is 4.98 Å². The second kappa shape index (κ2) is 5.41. The highest BCUT2D eigenvalue weighted by atomic mass is 16.3. The highest BCUT2D eigenvalue weighted by Gasteiger charge is 2.20. The number of hydrogen-bond donors (Lipinski definition) is 2. The summed E-state index contributed by atoms with van der Waals surface area (Å²) in [4.78, 5) is 4.53. The number of anilines is 1. The van der Waals surface area contributed by atoms with E-state index in [1.165, 1.54) is 17.7 Å². The van der Waals surface area contributed by atoms with Gasteiger partial charge in [0.25, 0.3) is 0 Å². The summed E-state index contributed by atoms with van der Waals surface area (Å²) in [6.07, 6.45) is 5.31. The van der Waals surface area contributed by atoms with Gasteiger partial charge in [0, 0.05) is 11.9 Å². The molecule has 2 aromatic rings. The lowest BCUT2D eigenvalue weighted by Gasteiger charge is -2.26. The molecule has 1 heterocycles. The van der Waals surface area contributed by atoms with Crippen LogP contribution in [-0.4, -0.2) is 10.1 Å². The number of rotatable bonds is 3. The Balaban J connectivity index is 1.80. The average molecular weight is 254 g/mol. The molecule has 3 rings (SSSR count). The first-order chi connectivity index (χ1) is 9.36. The predicted octanol–water partition coefficient (Wildman–Crippen LogP) is 3.06. The van der Waals surface area contributed by atoms with Gasteiger partial charge in [-0.15, -0.1) is 0 Å². The molecule has 1 aliphatic rings. The number of aromatic nitrogens is 1. The molecule has 3 nitrogen and oxygen atoms in total. The van der Waals surface area contributed by atoms with Gasteiger partial charge in [-0.2, -0.15) is 0 Å². The number of aliphatic hydroxyl groups excluding tert-OH is 1. The number of hydrogen-bond acceptors (Lipinski definition) is 3. The summed E-state index contributed by atoms with van der Waals surface area (Å²) in [5.74, 6) is 0. The molecule has 0 spiro atoms. The molecule has 0 fully saturated rings. The van der Waals surface area contributed by atoms with Gasteiger partial charge in [0.2, 0.25) is 0 Å². The summed E-state index contributed by atoms with van der Waals surface area (Å²) in [7, 11) is 0. The molecule has 0 bridgehead atoms. The fourth-order valence-electron chi connectivity index (χ4n) is 2.66. The summed E-state index contributed by atoms with van der Waals surface area (Å²) in [5, 5.41) is 12.6. The Morgan fingerprint density at radius 2 is 2.05 bits per heavy atom. The van der Waals surface area contributed by atoms with Crippen LogP contribution in [0.25, 0.3) is 0 Å². The molecular weight excluding hydrogens is 236 g/mol. The second-order valence-electron chi connectivity index (χ2n) is 4.99. The zero-order valence-electron chi connectivity index (χ0n) is 10.8. The Bertz CT molecular complexity index is 551. The first-order valence-electron chi connectivity index (χ1n) is 6.77. The minimum absolute atomic E-state index is 0.0914. The van der Waals surface area contributed by atoms with Crippen molar-refractivity contribution in [2.75, 3.05) is 5.32 Å². The minimum atomic E-state index is 0.0914. The van der Waals surface area contributed by atoms with Crippen molar-refractivity contribution in [3.05, 3.63) is 59.4 Å². The Labute approximate surface area is 113 Å². The highest BCUT2D eigenvalue weighted by molar-refractivity contribution is 5.47. The van der Waals surface area contributed by atoms with Crippen molar-refractivity contribution < 1.29 is 5.11 Å². The van der Waals surface area contributed by atoms with Gasteiger partial charge in [0.05, 0.1) is 18.3 Å². The smallest absolute Gasteiger partial charge is 0.0688 e. The molecule has 2 N–H and O–H groups in total. The third-order valence-electron chi connectivity index (χ3n) is 3.67. The van der Waals surface area contributed by atoms with Crippen LogP contribution in [0.15, 0.2) is 42.6 Å². The largest absolute Gasteiger partial charge is 0.392 e. The van der Waals surface area contributed by atoms with E-state index in [1.807, 2.05) is 36.5 Å². The van der Waals surface area contributed by atoms with Crippen LogP contribution < -0.4 is 5.32 Å². The topological polar surface area (TPSA) is 45.1 Å². The molecule has 1 aliphatic carbocycles. The number of benzene rings is 1. The molecule has 1 aromatic carbocycles. The summed E-state index contributed by atoms with van der Waals surface area (Å²) in [6.45, 7) is 0.0914. The van der Waals surface area contributed by atoms with E-state index in [4.69, 9.17) is 5.11 Å². The number of pyridine rings is 1. The van der Waals surface area contributed by atoms with Crippen molar-refractivity contribution in [2.45, 2.75) is 31.9 Å². The molecule has 1 unspecified atom stereocenters. The van der Waals surface area contributed by atoms with E-state index in [9.17, 15) is 0 Å². The lowest BCUT2D eigenvalue weighted by Crippen LogP contribution is -2.18. The van der Waals surface area contributed by atoms with Crippen LogP contribution >= 0.6 is 0 Å². The first-order valence-corrected chi connectivity index (χ1v) is 6.77. The Hall–Kier alpha value is -1.87. The van der Waals surface area contributed by atoms with Crippen molar-refractivity contribution in [1.82, 2.24) is 4.98 Å². The highest BCUT2D eigenvalue weighted by Crippen LogP contribution is 2.30. The Morgan fingerprint density at radius 3 is 2.84 bits per heavy atom. The van der Waals surface area contributed by atoms with Gasteiger partial charge < -0.3 is 10.4 Å². The molecule has 0 radical (unpaired) electrons. The van der Waals surface area contributed by atoms with Crippen LogP contribution in [0, 0.1) is 0 Å². The van der Waals surface area contributed by atoms with Crippen LogP contribution in [0.2, 0.25) is 0 Å². The van der Waals surface area contributed by atoms with E-state index in [-0.39, 0.29) is 6.61 Å². The fraction of sp³-hybridized carbons (Fsp3) is 0.312. The molecule has 3 heteroatoms. The van der Waals surface area contributed by atoms with E-state index in [2.05, 4.69) is 16.4 Å². The summed E-state index contributed by atoms with van der Waals surface area (Å²) in [6, 6.07) is 12.4. The van der Waals surface area contributed by atoms with E-state index in [0.29, 0.717) is 6.04 Å². The second-order valence-corrected chi connectivity index (χ2v) is 4.99. The van der Waals surface area contributed by atoms with Gasteiger partial charge in [-0.05, 0) is 48.6 Å². The molecule has 0 saturated heterocycles. The van der Waals surface area contributed by atoms with Crippen LogP contribution in [0.4, 0.5) is 5.69 Å². The first kappa shape index (κ1) is 12.2. The predicted molar refractivity (Wildman–Crippen MR) is 75.9 cm³/mol. The minimum Gasteiger partial charge on any atom is -0.392 e. The number of fused-ring (bicyclic) bond motifs is 1. The molecule has 0 amide bonds. The maximum Gasteiger partial charge on any atom is 0.0688 e. The molecule has 1 aromatic heterocycles. The van der Waals surface area contributed by atoms with Crippen LogP contribution in [-0.2, 0) is 13.0 Å². The van der Waals surface area contributed by atoms with Crippen molar-refractivity contribution in [3.63, 3.8) is 0 Å². The van der Waals surface area contributed by atoms with Crippen molar-refractivity contribution >= 4 is 5.69 Å². The maximum atomic E-state index is 9.05. The van der Waals surface area contributed by atoms with Crippen molar-refractivity contribution in [1.29, 1.82) is 0 Å². The quantitative estimate of drug-likeness (QED) is 0.884. The average Bonchev–Trinajstić information content (AvgIpc) is 2.48. The number of nitrogens with one attached hydrogen (secondary N) is 1. The number of aliphatic hydroxyl groups is 1. The third kappa shape index (κ3) is 2.61. The zero-order valence-corrected chi connectivity index (χ0v) is 10.8. The van der Waals surface area contributed by atoms with Gasteiger partial charge in [-0.1, -0.05) is 18.2 Å². The molecule has 19 heavy (non-hydrogen) atoms. The van der Waals surface area contributed by atoms with E-state index in [0.717, 1.165) is 24.1 Å². The van der Waals surface area contributed by atoms with Gasteiger partial charge in [0.15, 0.2) is 0 Å². The van der Waals surface area contributed by atoms with Gasteiger partial charge >= 0.3 is 0 Å². The SMILES string of the molecule is OCc1ccc(NC2CCCc3cccnc32)cc1. The van der Waals surface area contributed by atoms with Crippen molar-refractivity contribution in [2.24, 2.45) is 0 Å². The summed E-state index contributed by atoms with van der Waals surface area (Å²) in [5.41, 5.74) is 4.56. The molecular formula is C16H18N2O. The maximum absolute atomic E-state index is 9.05. The van der Waals surface area contributed by atoms with Gasteiger partial charge in [-0.25, -0.2) is 0 Å². The molecule has 1 atom stereocenters. The van der Waals surface area contributed by atoms with E-state index >= 15 is 0 Å². The normalized spacial score (nSPS) is 17.8. The lowest BCUT2D eigenvalue weighted by atomic mass is 9.92. The summed E-state index contributed by atoms with van der Waals surface area (Å²) < 4.78 is 0. The lowest BCUT2D eigenvalue weighted by molar-refractivity contribution is 0.282. The molecule has 0 aliphatic heterocycles. The van der Waals surface area contributed by atoms with E-state index in [1.54, 1.807) is 0 Å². The Morgan fingerprint density at radius 1 is 1.21 bits per heavy atom. The monoisotopic (exact) mass is 254 g/mol. The molecule has 0 saturated carbocycles. The third-order valence-corrected chi connectivity index (χ3v) is 3.67.